The fourth-order valence-corrected chi connectivity index (χ4v) is 3.63. The molecule has 2 aliphatic rings. The lowest BCUT2D eigenvalue weighted by molar-refractivity contribution is -0.140. The van der Waals surface area contributed by atoms with Crippen molar-refractivity contribution in [2.75, 3.05) is 6.54 Å². The molecular formula is C17H32N2O2. The first kappa shape index (κ1) is 16.8. The van der Waals surface area contributed by atoms with Gasteiger partial charge in [0, 0.05) is 12.1 Å². The van der Waals surface area contributed by atoms with Crippen LogP contribution in [0, 0.1) is 5.92 Å². The zero-order valence-electron chi connectivity index (χ0n) is 13.9. The smallest absolute Gasteiger partial charge is 0.249 e. The van der Waals surface area contributed by atoms with E-state index in [-0.39, 0.29) is 18.1 Å². The van der Waals surface area contributed by atoms with Crippen LogP contribution in [0.2, 0.25) is 0 Å². The number of hydrogen-bond donors (Lipinski definition) is 2. The van der Waals surface area contributed by atoms with Crippen molar-refractivity contribution in [3.05, 3.63) is 0 Å². The van der Waals surface area contributed by atoms with Gasteiger partial charge in [0.1, 0.15) is 6.10 Å². The first-order chi connectivity index (χ1) is 10.1. The molecular weight excluding hydrogens is 264 g/mol. The summed E-state index contributed by atoms with van der Waals surface area (Å²) in [6, 6.07) is 0.793. The Morgan fingerprint density at radius 3 is 2.76 bits per heavy atom. The van der Waals surface area contributed by atoms with Gasteiger partial charge in [0.05, 0.1) is 6.10 Å². The number of amides is 1. The Bertz CT molecular complexity index is 335. The molecule has 1 saturated heterocycles. The number of carbonyl (C=O) groups excluding carboxylic acids is 1. The van der Waals surface area contributed by atoms with E-state index in [0.29, 0.717) is 12.1 Å². The lowest BCUT2D eigenvalue weighted by Gasteiger charge is -2.32. The number of piperidine rings is 1. The number of hydrogen-bond acceptors (Lipinski definition) is 3. The lowest BCUT2D eigenvalue weighted by atomic mass is 9.88. The Kier molecular flexibility index (Phi) is 6.49. The van der Waals surface area contributed by atoms with Gasteiger partial charge in [-0.2, -0.15) is 0 Å². The van der Waals surface area contributed by atoms with Crippen molar-refractivity contribution in [1.82, 2.24) is 10.6 Å². The fraction of sp³-hybridized carbons (Fsp3) is 0.941. The fourth-order valence-electron chi connectivity index (χ4n) is 3.63. The molecule has 0 aromatic rings. The monoisotopic (exact) mass is 296 g/mol. The minimum absolute atomic E-state index is 0.0924. The van der Waals surface area contributed by atoms with Gasteiger partial charge in [0.2, 0.25) is 5.91 Å². The predicted molar refractivity (Wildman–Crippen MR) is 85.2 cm³/mol. The Morgan fingerprint density at radius 1 is 1.29 bits per heavy atom. The highest BCUT2D eigenvalue weighted by molar-refractivity contribution is 5.81. The third-order valence-corrected chi connectivity index (χ3v) is 4.88. The molecule has 1 aliphatic heterocycles. The Balaban J connectivity index is 1.80. The predicted octanol–water partition coefficient (Wildman–Crippen LogP) is 2.62. The van der Waals surface area contributed by atoms with E-state index < -0.39 is 0 Å². The average Bonchev–Trinajstić information content (AvgIpc) is 2.44. The van der Waals surface area contributed by atoms with E-state index in [0.717, 1.165) is 44.6 Å². The van der Waals surface area contributed by atoms with Crippen LogP contribution in [0.15, 0.2) is 0 Å². The van der Waals surface area contributed by atoms with Crippen molar-refractivity contribution < 1.29 is 9.53 Å². The highest BCUT2D eigenvalue weighted by Gasteiger charge is 2.28. The van der Waals surface area contributed by atoms with Crippen molar-refractivity contribution in [2.45, 2.75) is 90.0 Å². The first-order valence-corrected chi connectivity index (χ1v) is 8.77. The Morgan fingerprint density at radius 2 is 2.10 bits per heavy atom. The molecule has 1 saturated carbocycles. The SMILES string of the molecule is CCC(OC1CCCC(C)C1)C(=O)NC1CCNC(C)C1. The molecule has 4 heteroatoms. The molecule has 1 amide bonds. The summed E-state index contributed by atoms with van der Waals surface area (Å²) < 4.78 is 6.11. The van der Waals surface area contributed by atoms with Gasteiger partial charge in [-0.1, -0.05) is 26.7 Å². The molecule has 21 heavy (non-hydrogen) atoms. The molecule has 5 atom stereocenters. The summed E-state index contributed by atoms with van der Waals surface area (Å²) >= 11 is 0. The number of rotatable bonds is 5. The van der Waals surface area contributed by atoms with E-state index >= 15 is 0 Å². The van der Waals surface area contributed by atoms with E-state index in [2.05, 4.69) is 24.5 Å². The van der Waals surface area contributed by atoms with Crippen LogP contribution < -0.4 is 10.6 Å². The van der Waals surface area contributed by atoms with Crippen LogP contribution in [-0.2, 0) is 9.53 Å². The summed E-state index contributed by atoms with van der Waals surface area (Å²) in [6.07, 6.45) is 7.55. The number of nitrogens with one attached hydrogen (secondary N) is 2. The van der Waals surface area contributed by atoms with Crippen LogP contribution in [0.1, 0.15) is 65.7 Å². The van der Waals surface area contributed by atoms with Gasteiger partial charge in [0.15, 0.2) is 0 Å². The quantitative estimate of drug-likeness (QED) is 0.820. The molecule has 5 unspecified atom stereocenters. The van der Waals surface area contributed by atoms with Crippen molar-refractivity contribution in [3.63, 3.8) is 0 Å². The molecule has 2 rings (SSSR count). The third-order valence-electron chi connectivity index (χ3n) is 4.88. The van der Waals surface area contributed by atoms with Gasteiger partial charge < -0.3 is 15.4 Å². The van der Waals surface area contributed by atoms with Crippen LogP contribution in [0.25, 0.3) is 0 Å². The molecule has 2 fully saturated rings. The molecule has 0 bridgehead atoms. The largest absolute Gasteiger partial charge is 0.365 e. The molecule has 0 radical (unpaired) electrons. The van der Waals surface area contributed by atoms with Gasteiger partial charge in [0.25, 0.3) is 0 Å². The molecule has 1 heterocycles. The molecule has 122 valence electrons. The first-order valence-electron chi connectivity index (χ1n) is 8.77. The summed E-state index contributed by atoms with van der Waals surface area (Å²) in [4.78, 5) is 12.4. The summed E-state index contributed by atoms with van der Waals surface area (Å²) in [7, 11) is 0. The number of ether oxygens (including phenoxy) is 1. The standard InChI is InChI=1S/C17H32N2O2/c1-4-16(21-15-7-5-6-12(2)10-15)17(20)19-14-8-9-18-13(3)11-14/h12-16,18H,4-11H2,1-3H3,(H,19,20). The average molecular weight is 296 g/mol. The summed E-state index contributed by atoms with van der Waals surface area (Å²) in [5, 5.41) is 6.61. The highest BCUT2D eigenvalue weighted by atomic mass is 16.5. The van der Waals surface area contributed by atoms with E-state index in [9.17, 15) is 4.79 Å². The third kappa shape index (κ3) is 5.26. The van der Waals surface area contributed by atoms with Crippen molar-refractivity contribution in [2.24, 2.45) is 5.92 Å². The van der Waals surface area contributed by atoms with E-state index in [1.54, 1.807) is 0 Å². The lowest BCUT2D eigenvalue weighted by Crippen LogP contribution is -2.50. The zero-order valence-corrected chi connectivity index (χ0v) is 13.9. The molecule has 1 aliphatic carbocycles. The maximum Gasteiger partial charge on any atom is 0.249 e. The van der Waals surface area contributed by atoms with Crippen molar-refractivity contribution in [1.29, 1.82) is 0 Å². The summed E-state index contributed by atoms with van der Waals surface area (Å²) in [5.74, 6) is 0.824. The summed E-state index contributed by atoms with van der Waals surface area (Å²) in [5.41, 5.74) is 0. The molecule has 2 N–H and O–H groups in total. The highest BCUT2D eigenvalue weighted by Crippen LogP contribution is 2.27. The normalized spacial score (nSPS) is 35.2. The van der Waals surface area contributed by atoms with Gasteiger partial charge in [-0.3, -0.25) is 4.79 Å². The summed E-state index contributed by atoms with van der Waals surface area (Å²) in [6.45, 7) is 7.49. The minimum atomic E-state index is -0.273. The zero-order chi connectivity index (χ0) is 15.2. The van der Waals surface area contributed by atoms with Crippen LogP contribution in [0.5, 0.6) is 0 Å². The maximum atomic E-state index is 12.4. The Hall–Kier alpha value is -0.610. The van der Waals surface area contributed by atoms with Gasteiger partial charge >= 0.3 is 0 Å². The minimum Gasteiger partial charge on any atom is -0.365 e. The molecule has 0 aromatic heterocycles. The second-order valence-electron chi connectivity index (χ2n) is 7.01. The van der Waals surface area contributed by atoms with Gasteiger partial charge in [-0.15, -0.1) is 0 Å². The van der Waals surface area contributed by atoms with Crippen molar-refractivity contribution in [3.8, 4) is 0 Å². The van der Waals surface area contributed by atoms with Crippen LogP contribution in [0.4, 0.5) is 0 Å². The molecule has 4 nitrogen and oxygen atoms in total. The van der Waals surface area contributed by atoms with Crippen LogP contribution in [0.3, 0.4) is 0 Å². The Labute approximate surface area is 129 Å². The van der Waals surface area contributed by atoms with E-state index in [4.69, 9.17) is 4.74 Å². The van der Waals surface area contributed by atoms with Crippen LogP contribution >= 0.6 is 0 Å². The van der Waals surface area contributed by atoms with Gasteiger partial charge in [-0.05, 0) is 51.5 Å². The number of carbonyl (C=O) groups is 1. The topological polar surface area (TPSA) is 50.4 Å². The van der Waals surface area contributed by atoms with E-state index in [1.165, 1.54) is 12.8 Å². The molecule has 0 spiro atoms. The van der Waals surface area contributed by atoms with Crippen molar-refractivity contribution >= 4 is 5.91 Å². The van der Waals surface area contributed by atoms with E-state index in [1.807, 2.05) is 6.92 Å². The van der Waals surface area contributed by atoms with Gasteiger partial charge in [-0.25, -0.2) is 0 Å². The second kappa shape index (κ2) is 8.14. The van der Waals surface area contributed by atoms with Crippen LogP contribution in [-0.4, -0.2) is 36.7 Å². The second-order valence-corrected chi connectivity index (χ2v) is 7.01. The maximum absolute atomic E-state index is 12.4. The molecule has 0 aromatic carbocycles.